The smallest absolute Gasteiger partial charge is 0.0161 e. The van der Waals surface area contributed by atoms with E-state index in [0.717, 1.165) is 6.54 Å². The number of likely N-dealkylation sites (N-methyl/N-ethyl adjacent to an activating group) is 1. The Kier molecular flexibility index (Phi) is 8.46. The van der Waals surface area contributed by atoms with E-state index >= 15 is 0 Å². The zero-order valence-corrected chi connectivity index (χ0v) is 9.69. The van der Waals surface area contributed by atoms with Crippen molar-refractivity contribution in [2.45, 2.75) is 58.5 Å². The first-order chi connectivity index (χ1) is 6.20. The first kappa shape index (κ1) is 12.9. The highest BCUT2D eigenvalue weighted by atomic mass is 15.0. The predicted molar refractivity (Wildman–Crippen MR) is 60.1 cm³/mol. The Labute approximate surface area is 83.5 Å². The van der Waals surface area contributed by atoms with Crippen LogP contribution < -0.4 is 10.6 Å². The van der Waals surface area contributed by atoms with E-state index in [0.29, 0.717) is 12.1 Å². The van der Waals surface area contributed by atoms with Gasteiger partial charge in [-0.25, -0.2) is 0 Å². The summed E-state index contributed by atoms with van der Waals surface area (Å²) in [6, 6.07) is 1.25. The maximum absolute atomic E-state index is 3.53. The Balaban J connectivity index is 3.24. The van der Waals surface area contributed by atoms with E-state index in [1.54, 1.807) is 0 Å². The van der Waals surface area contributed by atoms with Gasteiger partial charge in [-0.2, -0.15) is 0 Å². The van der Waals surface area contributed by atoms with E-state index in [4.69, 9.17) is 0 Å². The number of unbranched alkanes of at least 4 members (excludes halogenated alkanes) is 2. The van der Waals surface area contributed by atoms with E-state index in [9.17, 15) is 0 Å². The van der Waals surface area contributed by atoms with Crippen LogP contribution in [-0.4, -0.2) is 25.7 Å². The molecule has 0 bridgehead atoms. The topological polar surface area (TPSA) is 24.1 Å². The molecular weight excluding hydrogens is 160 g/mol. The molecule has 0 aliphatic carbocycles. The molecule has 0 aromatic heterocycles. The molecule has 0 saturated carbocycles. The van der Waals surface area contributed by atoms with Gasteiger partial charge in [-0.1, -0.05) is 26.2 Å². The minimum absolute atomic E-state index is 0.577. The molecule has 2 nitrogen and oxygen atoms in total. The zero-order valence-electron chi connectivity index (χ0n) is 9.69. The van der Waals surface area contributed by atoms with Gasteiger partial charge in [0.1, 0.15) is 0 Å². The predicted octanol–water partition coefficient (Wildman–Crippen LogP) is 2.15. The average molecular weight is 186 g/mol. The summed E-state index contributed by atoms with van der Waals surface area (Å²) in [6.07, 6.45) is 5.36. The van der Waals surface area contributed by atoms with Crippen molar-refractivity contribution in [1.82, 2.24) is 10.6 Å². The largest absolute Gasteiger partial charge is 0.316 e. The zero-order chi connectivity index (χ0) is 10.1. The molecule has 0 radical (unpaired) electrons. The summed E-state index contributed by atoms with van der Waals surface area (Å²) in [5.74, 6) is 0. The Morgan fingerprint density at radius 1 is 1.08 bits per heavy atom. The van der Waals surface area contributed by atoms with Gasteiger partial charge < -0.3 is 10.6 Å². The fourth-order valence-electron chi connectivity index (χ4n) is 1.28. The van der Waals surface area contributed by atoms with Crippen LogP contribution in [0.3, 0.4) is 0 Å². The van der Waals surface area contributed by atoms with Gasteiger partial charge in [0.15, 0.2) is 0 Å². The summed E-state index contributed by atoms with van der Waals surface area (Å²) >= 11 is 0. The SMILES string of the molecule is CCCCCC(C)NCC(C)NC. The van der Waals surface area contributed by atoms with Crippen molar-refractivity contribution >= 4 is 0 Å². The number of hydrogen-bond donors (Lipinski definition) is 2. The lowest BCUT2D eigenvalue weighted by atomic mass is 10.1. The molecule has 0 fully saturated rings. The Hall–Kier alpha value is -0.0800. The molecule has 0 amide bonds. The van der Waals surface area contributed by atoms with Crippen LogP contribution in [0.15, 0.2) is 0 Å². The Morgan fingerprint density at radius 3 is 2.31 bits per heavy atom. The van der Waals surface area contributed by atoms with Crippen LogP contribution in [0.1, 0.15) is 46.5 Å². The summed E-state index contributed by atoms with van der Waals surface area (Å²) in [4.78, 5) is 0. The van der Waals surface area contributed by atoms with Gasteiger partial charge in [0.25, 0.3) is 0 Å². The molecule has 80 valence electrons. The molecule has 2 heteroatoms. The third-order valence-corrected chi connectivity index (χ3v) is 2.51. The highest BCUT2D eigenvalue weighted by molar-refractivity contribution is 4.66. The molecule has 0 aliphatic rings. The number of nitrogens with one attached hydrogen (secondary N) is 2. The van der Waals surface area contributed by atoms with E-state index in [-0.39, 0.29) is 0 Å². The summed E-state index contributed by atoms with van der Waals surface area (Å²) < 4.78 is 0. The first-order valence-electron chi connectivity index (χ1n) is 5.61. The average Bonchev–Trinajstić information content (AvgIpc) is 2.14. The van der Waals surface area contributed by atoms with Crippen LogP contribution in [0.25, 0.3) is 0 Å². The van der Waals surface area contributed by atoms with E-state index in [2.05, 4.69) is 31.4 Å². The second-order valence-electron chi connectivity index (χ2n) is 3.99. The lowest BCUT2D eigenvalue weighted by Crippen LogP contribution is -2.38. The monoisotopic (exact) mass is 186 g/mol. The van der Waals surface area contributed by atoms with Crippen molar-refractivity contribution in [2.24, 2.45) is 0 Å². The maximum atomic E-state index is 3.53. The number of rotatable bonds is 8. The second-order valence-corrected chi connectivity index (χ2v) is 3.99. The molecular formula is C11H26N2. The summed E-state index contributed by atoms with van der Waals surface area (Å²) in [5, 5.41) is 6.75. The van der Waals surface area contributed by atoms with Crippen molar-refractivity contribution < 1.29 is 0 Å². The van der Waals surface area contributed by atoms with Gasteiger partial charge in [0.2, 0.25) is 0 Å². The van der Waals surface area contributed by atoms with Crippen LogP contribution in [0.5, 0.6) is 0 Å². The summed E-state index contributed by atoms with van der Waals surface area (Å²) in [5.41, 5.74) is 0. The Bertz CT molecular complexity index is 104. The third-order valence-electron chi connectivity index (χ3n) is 2.51. The molecule has 0 aromatic carbocycles. The lowest BCUT2D eigenvalue weighted by molar-refractivity contribution is 0.450. The highest BCUT2D eigenvalue weighted by Gasteiger charge is 2.02. The lowest BCUT2D eigenvalue weighted by Gasteiger charge is -2.17. The molecule has 2 N–H and O–H groups in total. The van der Waals surface area contributed by atoms with Gasteiger partial charge in [0, 0.05) is 18.6 Å². The van der Waals surface area contributed by atoms with E-state index < -0.39 is 0 Å². The quantitative estimate of drug-likeness (QED) is 0.568. The minimum atomic E-state index is 0.577. The van der Waals surface area contributed by atoms with Gasteiger partial charge in [-0.15, -0.1) is 0 Å². The van der Waals surface area contributed by atoms with E-state index in [1.165, 1.54) is 25.7 Å². The molecule has 0 aromatic rings. The highest BCUT2D eigenvalue weighted by Crippen LogP contribution is 2.02. The van der Waals surface area contributed by atoms with Crippen molar-refractivity contribution in [3.05, 3.63) is 0 Å². The third kappa shape index (κ3) is 8.26. The van der Waals surface area contributed by atoms with Gasteiger partial charge in [0.05, 0.1) is 0 Å². The molecule has 0 rings (SSSR count). The van der Waals surface area contributed by atoms with Crippen LogP contribution >= 0.6 is 0 Å². The first-order valence-corrected chi connectivity index (χ1v) is 5.61. The van der Waals surface area contributed by atoms with E-state index in [1.807, 2.05) is 7.05 Å². The maximum Gasteiger partial charge on any atom is 0.0161 e. The molecule has 2 atom stereocenters. The van der Waals surface area contributed by atoms with Crippen LogP contribution in [0.2, 0.25) is 0 Å². The summed E-state index contributed by atoms with van der Waals surface area (Å²) in [6.45, 7) is 7.80. The van der Waals surface area contributed by atoms with Crippen LogP contribution in [-0.2, 0) is 0 Å². The minimum Gasteiger partial charge on any atom is -0.316 e. The molecule has 13 heavy (non-hydrogen) atoms. The molecule has 0 saturated heterocycles. The van der Waals surface area contributed by atoms with Gasteiger partial charge in [-0.3, -0.25) is 0 Å². The number of hydrogen-bond acceptors (Lipinski definition) is 2. The van der Waals surface area contributed by atoms with Gasteiger partial charge >= 0.3 is 0 Å². The standard InChI is InChI=1S/C11H26N2/c1-5-6-7-8-10(2)13-9-11(3)12-4/h10-13H,5-9H2,1-4H3. The Morgan fingerprint density at radius 2 is 1.77 bits per heavy atom. The van der Waals surface area contributed by atoms with Crippen molar-refractivity contribution in [1.29, 1.82) is 0 Å². The molecule has 0 spiro atoms. The van der Waals surface area contributed by atoms with Gasteiger partial charge in [-0.05, 0) is 27.3 Å². The summed E-state index contributed by atoms with van der Waals surface area (Å²) in [7, 11) is 2.01. The second kappa shape index (κ2) is 8.52. The van der Waals surface area contributed by atoms with Crippen molar-refractivity contribution in [2.75, 3.05) is 13.6 Å². The fraction of sp³-hybridized carbons (Fsp3) is 1.00. The van der Waals surface area contributed by atoms with Crippen molar-refractivity contribution in [3.63, 3.8) is 0 Å². The molecule has 2 unspecified atom stereocenters. The molecule has 0 heterocycles. The molecule has 0 aliphatic heterocycles. The van der Waals surface area contributed by atoms with Crippen molar-refractivity contribution in [3.8, 4) is 0 Å². The van der Waals surface area contributed by atoms with Crippen LogP contribution in [0.4, 0.5) is 0 Å². The van der Waals surface area contributed by atoms with Crippen LogP contribution in [0, 0.1) is 0 Å². The fourth-order valence-corrected chi connectivity index (χ4v) is 1.28. The normalized spacial score (nSPS) is 15.7.